The van der Waals surface area contributed by atoms with Crippen LogP contribution in [0.2, 0.25) is 0 Å². The normalized spacial score (nSPS) is 12.9. The van der Waals surface area contributed by atoms with Crippen LogP contribution < -0.4 is 5.32 Å². The fourth-order valence-electron chi connectivity index (χ4n) is 1.70. The van der Waals surface area contributed by atoms with Crippen molar-refractivity contribution in [1.29, 1.82) is 0 Å². The predicted octanol–water partition coefficient (Wildman–Crippen LogP) is 3.03. The lowest BCUT2D eigenvalue weighted by Crippen LogP contribution is -2.17. The number of hydrogen-bond acceptors (Lipinski definition) is 5. The van der Waals surface area contributed by atoms with Crippen LogP contribution in [-0.2, 0) is 6.42 Å². The van der Waals surface area contributed by atoms with Gasteiger partial charge in [-0.25, -0.2) is 0 Å². The van der Waals surface area contributed by atoms with Crippen molar-refractivity contribution < 1.29 is 4.42 Å². The Morgan fingerprint density at radius 2 is 2.24 bits per heavy atom. The van der Waals surface area contributed by atoms with Crippen molar-refractivity contribution in [3.05, 3.63) is 22.9 Å². The van der Waals surface area contributed by atoms with Crippen LogP contribution in [0, 0.1) is 0 Å². The highest BCUT2D eigenvalue weighted by molar-refractivity contribution is 7.13. The van der Waals surface area contributed by atoms with Gasteiger partial charge in [-0.3, -0.25) is 0 Å². The molecule has 17 heavy (non-hydrogen) atoms. The molecule has 0 radical (unpaired) electrons. The Labute approximate surface area is 105 Å². The Morgan fingerprint density at radius 3 is 2.94 bits per heavy atom. The van der Waals surface area contributed by atoms with Gasteiger partial charge >= 0.3 is 0 Å². The van der Waals surface area contributed by atoms with Crippen LogP contribution in [0.5, 0.6) is 0 Å². The summed E-state index contributed by atoms with van der Waals surface area (Å²) in [7, 11) is 0. The summed E-state index contributed by atoms with van der Waals surface area (Å²) in [4.78, 5) is 1.09. The molecule has 0 fully saturated rings. The van der Waals surface area contributed by atoms with Gasteiger partial charge in [0.15, 0.2) is 0 Å². The first-order chi connectivity index (χ1) is 8.26. The summed E-state index contributed by atoms with van der Waals surface area (Å²) in [5.74, 6) is 1.29. The van der Waals surface area contributed by atoms with E-state index in [1.54, 1.807) is 11.3 Å². The van der Waals surface area contributed by atoms with Gasteiger partial charge in [-0.1, -0.05) is 13.8 Å². The molecule has 2 rings (SSSR count). The third-order valence-electron chi connectivity index (χ3n) is 2.64. The highest BCUT2D eigenvalue weighted by atomic mass is 32.1. The summed E-state index contributed by atoms with van der Waals surface area (Å²) in [5.41, 5.74) is 1.27. The maximum Gasteiger partial charge on any atom is 0.258 e. The molecule has 0 aliphatic heterocycles. The predicted molar refractivity (Wildman–Crippen MR) is 69.1 cm³/mol. The van der Waals surface area contributed by atoms with Crippen molar-refractivity contribution in [3.8, 4) is 10.8 Å². The van der Waals surface area contributed by atoms with Crippen molar-refractivity contribution in [2.45, 2.75) is 33.2 Å². The zero-order chi connectivity index (χ0) is 12.3. The van der Waals surface area contributed by atoms with Crippen LogP contribution in [0.1, 0.15) is 38.3 Å². The fourth-order valence-corrected chi connectivity index (χ4v) is 2.61. The van der Waals surface area contributed by atoms with Gasteiger partial charge < -0.3 is 9.73 Å². The molecular weight excluding hydrogens is 234 g/mol. The molecule has 0 aromatic carbocycles. The Morgan fingerprint density at radius 1 is 1.41 bits per heavy atom. The summed E-state index contributed by atoms with van der Waals surface area (Å²) in [5, 5.41) is 13.5. The van der Waals surface area contributed by atoms with Crippen molar-refractivity contribution in [2.24, 2.45) is 0 Å². The van der Waals surface area contributed by atoms with E-state index in [1.165, 1.54) is 5.56 Å². The summed E-state index contributed by atoms with van der Waals surface area (Å²) >= 11 is 1.65. The molecular formula is C12H17N3OS. The van der Waals surface area contributed by atoms with Gasteiger partial charge in [0.05, 0.1) is 10.9 Å². The average molecular weight is 251 g/mol. The molecule has 2 heterocycles. The molecule has 4 nitrogen and oxygen atoms in total. The van der Waals surface area contributed by atoms with Crippen LogP contribution in [-0.4, -0.2) is 16.7 Å². The first kappa shape index (κ1) is 12.3. The second-order valence-electron chi connectivity index (χ2n) is 3.85. The summed E-state index contributed by atoms with van der Waals surface area (Å²) in [6, 6.07) is 2.21. The molecule has 0 bridgehead atoms. The van der Waals surface area contributed by atoms with Gasteiger partial charge in [0, 0.05) is 0 Å². The number of aromatic nitrogens is 2. The molecule has 0 saturated carbocycles. The van der Waals surface area contributed by atoms with E-state index in [9.17, 15) is 0 Å². The number of thiophene rings is 1. The molecule has 5 heteroatoms. The lowest BCUT2D eigenvalue weighted by Gasteiger charge is -2.05. The number of hydrogen-bond donors (Lipinski definition) is 1. The van der Waals surface area contributed by atoms with Gasteiger partial charge in [0.2, 0.25) is 5.89 Å². The largest absolute Gasteiger partial charge is 0.418 e. The zero-order valence-electron chi connectivity index (χ0n) is 10.4. The topological polar surface area (TPSA) is 51.0 Å². The Balaban J connectivity index is 2.23. The first-order valence-electron chi connectivity index (χ1n) is 5.89. The summed E-state index contributed by atoms with van der Waals surface area (Å²) in [6.45, 7) is 7.10. The van der Waals surface area contributed by atoms with E-state index in [2.05, 4.69) is 40.8 Å². The Bertz CT molecular complexity index is 478. The van der Waals surface area contributed by atoms with E-state index in [4.69, 9.17) is 4.42 Å². The molecule has 2 aromatic rings. The second-order valence-corrected chi connectivity index (χ2v) is 4.77. The third-order valence-corrected chi connectivity index (χ3v) is 3.59. The Kier molecular flexibility index (Phi) is 3.91. The monoisotopic (exact) mass is 251 g/mol. The second kappa shape index (κ2) is 5.42. The van der Waals surface area contributed by atoms with E-state index >= 15 is 0 Å². The average Bonchev–Trinajstić information content (AvgIpc) is 2.97. The maximum atomic E-state index is 5.71. The van der Waals surface area contributed by atoms with Gasteiger partial charge in [-0.05, 0) is 36.9 Å². The lowest BCUT2D eigenvalue weighted by molar-refractivity contribution is 0.429. The third kappa shape index (κ3) is 2.56. The van der Waals surface area contributed by atoms with Crippen LogP contribution in [0.25, 0.3) is 10.8 Å². The molecule has 0 aliphatic rings. The Hall–Kier alpha value is -1.20. The molecule has 0 aliphatic carbocycles. The van der Waals surface area contributed by atoms with Crippen molar-refractivity contribution >= 4 is 11.3 Å². The van der Waals surface area contributed by atoms with Gasteiger partial charge in [-0.15, -0.1) is 21.5 Å². The van der Waals surface area contributed by atoms with Crippen molar-refractivity contribution in [1.82, 2.24) is 15.5 Å². The van der Waals surface area contributed by atoms with E-state index in [-0.39, 0.29) is 6.04 Å². The van der Waals surface area contributed by atoms with Crippen molar-refractivity contribution in [2.75, 3.05) is 6.54 Å². The maximum absolute atomic E-state index is 5.71. The van der Waals surface area contributed by atoms with Crippen molar-refractivity contribution in [3.63, 3.8) is 0 Å². The molecule has 0 amide bonds. The van der Waals surface area contributed by atoms with Crippen LogP contribution in [0.3, 0.4) is 0 Å². The van der Waals surface area contributed by atoms with E-state index in [1.807, 2.05) is 6.92 Å². The van der Waals surface area contributed by atoms with E-state index in [0.717, 1.165) is 17.8 Å². The fraction of sp³-hybridized carbons (Fsp3) is 0.500. The molecule has 2 aromatic heterocycles. The summed E-state index contributed by atoms with van der Waals surface area (Å²) in [6.07, 6.45) is 0.985. The number of nitrogens with zero attached hydrogens (tertiary/aromatic N) is 2. The van der Waals surface area contributed by atoms with Crippen LogP contribution in [0.15, 0.2) is 15.9 Å². The summed E-state index contributed by atoms with van der Waals surface area (Å²) < 4.78 is 5.71. The lowest BCUT2D eigenvalue weighted by atomic mass is 10.2. The van der Waals surface area contributed by atoms with Gasteiger partial charge in [0.1, 0.15) is 0 Å². The first-order valence-corrected chi connectivity index (χ1v) is 6.77. The quantitative estimate of drug-likeness (QED) is 0.887. The van der Waals surface area contributed by atoms with Gasteiger partial charge in [-0.2, -0.15) is 0 Å². The van der Waals surface area contributed by atoms with Crippen LogP contribution >= 0.6 is 11.3 Å². The molecule has 1 N–H and O–H groups in total. The highest BCUT2D eigenvalue weighted by Gasteiger charge is 2.16. The van der Waals surface area contributed by atoms with E-state index < -0.39 is 0 Å². The van der Waals surface area contributed by atoms with Gasteiger partial charge in [0.25, 0.3) is 5.89 Å². The number of rotatable bonds is 5. The molecule has 0 spiro atoms. The van der Waals surface area contributed by atoms with Crippen LogP contribution in [0.4, 0.5) is 0 Å². The SMILES string of the molecule is CCNC(C)c1nnc(-c2sccc2CC)o1. The zero-order valence-corrected chi connectivity index (χ0v) is 11.2. The standard InChI is InChI=1S/C12H17N3OS/c1-4-9-6-7-17-10(9)12-15-14-11(16-12)8(3)13-5-2/h6-8,13H,4-5H2,1-3H3. The minimum atomic E-state index is 0.103. The van der Waals surface area contributed by atoms with E-state index in [0.29, 0.717) is 11.8 Å². The minimum Gasteiger partial charge on any atom is -0.418 e. The molecule has 92 valence electrons. The number of nitrogens with one attached hydrogen (secondary N) is 1. The molecule has 0 saturated heterocycles. The molecule has 1 atom stereocenters. The highest BCUT2D eigenvalue weighted by Crippen LogP contribution is 2.29. The smallest absolute Gasteiger partial charge is 0.258 e. The minimum absolute atomic E-state index is 0.103. The number of aryl methyl sites for hydroxylation is 1. The molecule has 1 unspecified atom stereocenters.